The second kappa shape index (κ2) is 6.87. The Morgan fingerprint density at radius 3 is 2.64 bits per heavy atom. The number of carbonyl (C=O) groups is 1. The fourth-order valence-corrected chi connectivity index (χ4v) is 2.02. The number of furan rings is 1. The highest BCUT2D eigenvalue weighted by molar-refractivity contribution is 5.86. The van der Waals surface area contributed by atoms with Crippen molar-refractivity contribution in [3.63, 3.8) is 0 Å². The van der Waals surface area contributed by atoms with Gasteiger partial charge in [-0.05, 0) is 30.3 Å². The van der Waals surface area contributed by atoms with E-state index < -0.39 is 16.8 Å². The number of nitro groups is 1. The van der Waals surface area contributed by atoms with Crippen LogP contribution in [0.1, 0.15) is 16.2 Å². The van der Waals surface area contributed by atoms with Crippen molar-refractivity contribution in [1.29, 1.82) is 0 Å². The lowest BCUT2D eigenvalue weighted by Crippen LogP contribution is -2.04. The van der Waals surface area contributed by atoms with Crippen LogP contribution in [-0.2, 0) is 11.3 Å². The molecule has 0 aliphatic carbocycles. The van der Waals surface area contributed by atoms with Crippen LogP contribution in [0.5, 0.6) is 5.75 Å². The molecule has 0 N–H and O–H groups in total. The Hall–Kier alpha value is -3.62. The van der Waals surface area contributed by atoms with E-state index in [1.165, 1.54) is 6.07 Å². The molecular formula is C16H12N2O7. The summed E-state index contributed by atoms with van der Waals surface area (Å²) < 4.78 is 20.0. The summed E-state index contributed by atoms with van der Waals surface area (Å²) in [5.74, 6) is -0.407. The minimum atomic E-state index is -0.831. The number of carbonyl (C=O) groups excluding carboxylic acids is 1. The van der Waals surface area contributed by atoms with Crippen LogP contribution in [0.2, 0.25) is 0 Å². The van der Waals surface area contributed by atoms with Gasteiger partial charge in [-0.15, -0.1) is 0 Å². The molecule has 0 radical (unpaired) electrons. The maximum absolute atomic E-state index is 11.8. The predicted molar refractivity (Wildman–Crippen MR) is 83.0 cm³/mol. The van der Waals surface area contributed by atoms with E-state index in [2.05, 4.69) is 5.16 Å². The summed E-state index contributed by atoms with van der Waals surface area (Å²) in [4.78, 5) is 21.6. The topological polar surface area (TPSA) is 118 Å². The molecule has 0 spiro atoms. The molecule has 2 aromatic heterocycles. The third-order valence-electron chi connectivity index (χ3n) is 3.26. The first-order chi connectivity index (χ1) is 12.1. The van der Waals surface area contributed by atoms with Crippen molar-refractivity contribution in [1.82, 2.24) is 5.16 Å². The molecule has 0 unspecified atom stereocenters. The molecule has 128 valence electrons. The Kier molecular flexibility index (Phi) is 4.46. The molecule has 1 aromatic carbocycles. The normalized spacial score (nSPS) is 10.4. The Morgan fingerprint density at radius 1 is 1.24 bits per heavy atom. The first kappa shape index (κ1) is 16.2. The number of esters is 1. The number of nitrogens with zero attached hydrogens (tertiary/aromatic N) is 2. The monoisotopic (exact) mass is 344 g/mol. The number of rotatable bonds is 6. The van der Waals surface area contributed by atoms with Gasteiger partial charge in [-0.2, -0.15) is 0 Å². The first-order valence-electron chi connectivity index (χ1n) is 7.08. The zero-order valence-corrected chi connectivity index (χ0v) is 13.0. The molecule has 0 aliphatic heterocycles. The second-order valence-electron chi connectivity index (χ2n) is 4.88. The number of hydrogen-bond acceptors (Lipinski definition) is 8. The van der Waals surface area contributed by atoms with Gasteiger partial charge in [0.25, 0.3) is 0 Å². The van der Waals surface area contributed by atoms with E-state index in [4.69, 9.17) is 18.4 Å². The molecule has 0 atom stereocenters. The van der Waals surface area contributed by atoms with Gasteiger partial charge in [0.15, 0.2) is 5.76 Å². The molecular weight excluding hydrogens is 332 g/mol. The Balaban J connectivity index is 1.62. The van der Waals surface area contributed by atoms with E-state index in [1.807, 2.05) is 0 Å². The van der Waals surface area contributed by atoms with Gasteiger partial charge in [0.1, 0.15) is 23.0 Å². The summed E-state index contributed by atoms with van der Waals surface area (Å²) in [6.07, 6.45) is 0. The standard InChI is InChI=1S/C16H12N2O7/c1-22-12-4-2-10(3-5-12)14-8-11(17-25-14)9-23-16(19)13-6-7-15(24-13)18(20)21/h2-8H,9H2,1H3. The van der Waals surface area contributed by atoms with Gasteiger partial charge in [0.05, 0.1) is 13.2 Å². The zero-order valence-electron chi connectivity index (χ0n) is 13.0. The van der Waals surface area contributed by atoms with Gasteiger partial charge in [-0.1, -0.05) is 5.16 Å². The molecule has 0 bridgehead atoms. The molecule has 0 aliphatic rings. The van der Waals surface area contributed by atoms with Crippen molar-refractivity contribution in [2.24, 2.45) is 0 Å². The Bertz CT molecular complexity index is 895. The van der Waals surface area contributed by atoms with Crippen LogP contribution >= 0.6 is 0 Å². The van der Waals surface area contributed by atoms with Gasteiger partial charge < -0.3 is 18.4 Å². The Morgan fingerprint density at radius 2 is 2.00 bits per heavy atom. The van der Waals surface area contributed by atoms with Crippen LogP contribution < -0.4 is 4.74 Å². The lowest BCUT2D eigenvalue weighted by molar-refractivity contribution is -0.402. The van der Waals surface area contributed by atoms with E-state index in [1.54, 1.807) is 37.4 Å². The van der Waals surface area contributed by atoms with E-state index in [0.29, 0.717) is 17.2 Å². The van der Waals surface area contributed by atoms with E-state index in [0.717, 1.165) is 11.6 Å². The van der Waals surface area contributed by atoms with E-state index in [-0.39, 0.29) is 12.4 Å². The third-order valence-corrected chi connectivity index (χ3v) is 3.26. The lowest BCUT2D eigenvalue weighted by Gasteiger charge is -1.99. The van der Waals surface area contributed by atoms with Crippen LogP contribution in [0.25, 0.3) is 11.3 Å². The summed E-state index contributed by atoms with van der Waals surface area (Å²) in [5, 5.41) is 14.3. The SMILES string of the molecule is COc1ccc(-c2cc(COC(=O)c3ccc([N+](=O)[O-])o3)no2)cc1. The highest BCUT2D eigenvalue weighted by Crippen LogP contribution is 2.23. The fourth-order valence-electron chi connectivity index (χ4n) is 2.02. The minimum Gasteiger partial charge on any atom is -0.497 e. The van der Waals surface area contributed by atoms with Crippen LogP contribution in [0.4, 0.5) is 5.88 Å². The molecule has 2 heterocycles. The maximum Gasteiger partial charge on any atom is 0.433 e. The summed E-state index contributed by atoms with van der Waals surface area (Å²) in [5.41, 5.74) is 1.17. The van der Waals surface area contributed by atoms with Crippen LogP contribution in [0.15, 0.2) is 51.4 Å². The van der Waals surface area contributed by atoms with Crippen molar-refractivity contribution in [3.8, 4) is 17.1 Å². The molecule has 9 nitrogen and oxygen atoms in total. The molecule has 0 saturated heterocycles. The van der Waals surface area contributed by atoms with Crippen molar-refractivity contribution in [2.75, 3.05) is 7.11 Å². The van der Waals surface area contributed by atoms with E-state index >= 15 is 0 Å². The van der Waals surface area contributed by atoms with Gasteiger partial charge >= 0.3 is 11.9 Å². The molecule has 25 heavy (non-hydrogen) atoms. The number of benzene rings is 1. The van der Waals surface area contributed by atoms with Crippen LogP contribution in [0.3, 0.4) is 0 Å². The van der Waals surface area contributed by atoms with Crippen LogP contribution in [0, 0.1) is 10.1 Å². The quantitative estimate of drug-likeness (QED) is 0.380. The summed E-state index contributed by atoms with van der Waals surface area (Å²) >= 11 is 0. The van der Waals surface area contributed by atoms with Crippen molar-refractivity contribution >= 4 is 11.9 Å². The van der Waals surface area contributed by atoms with Crippen LogP contribution in [-0.4, -0.2) is 23.2 Å². The second-order valence-corrected chi connectivity index (χ2v) is 4.88. The molecule has 3 aromatic rings. The zero-order chi connectivity index (χ0) is 17.8. The van der Waals surface area contributed by atoms with Gasteiger partial charge in [-0.25, -0.2) is 4.79 Å². The number of aromatic nitrogens is 1. The van der Waals surface area contributed by atoms with Gasteiger partial charge in [-0.3, -0.25) is 10.1 Å². The van der Waals surface area contributed by atoms with Crippen molar-refractivity contribution in [2.45, 2.75) is 6.61 Å². The highest BCUT2D eigenvalue weighted by atomic mass is 16.7. The third kappa shape index (κ3) is 3.66. The number of ether oxygens (including phenoxy) is 2. The fraction of sp³-hybridized carbons (Fsp3) is 0.125. The van der Waals surface area contributed by atoms with Gasteiger partial charge in [0, 0.05) is 11.6 Å². The summed E-state index contributed by atoms with van der Waals surface area (Å²) in [6.45, 7) is -0.160. The predicted octanol–water partition coefficient (Wildman–Crippen LogP) is 3.21. The summed E-state index contributed by atoms with van der Waals surface area (Å²) in [7, 11) is 1.57. The highest BCUT2D eigenvalue weighted by Gasteiger charge is 2.19. The first-order valence-corrected chi connectivity index (χ1v) is 7.08. The summed E-state index contributed by atoms with van der Waals surface area (Å²) in [6, 6.07) is 11.0. The minimum absolute atomic E-state index is 0.160. The molecule has 0 saturated carbocycles. The number of methoxy groups -OCH3 is 1. The van der Waals surface area contributed by atoms with Crippen molar-refractivity contribution in [3.05, 3.63) is 64.0 Å². The maximum atomic E-state index is 11.8. The van der Waals surface area contributed by atoms with Crippen molar-refractivity contribution < 1.29 is 28.1 Å². The van der Waals surface area contributed by atoms with Gasteiger partial charge in [0.2, 0.25) is 5.76 Å². The number of hydrogen-bond donors (Lipinski definition) is 0. The van der Waals surface area contributed by atoms with E-state index in [9.17, 15) is 14.9 Å². The molecule has 0 fully saturated rings. The largest absolute Gasteiger partial charge is 0.497 e. The molecule has 0 amide bonds. The smallest absolute Gasteiger partial charge is 0.433 e. The molecule has 9 heteroatoms. The average molecular weight is 344 g/mol. The lowest BCUT2D eigenvalue weighted by atomic mass is 10.1. The Labute approximate surface area is 140 Å². The average Bonchev–Trinajstić information content (AvgIpc) is 3.29. The molecule has 3 rings (SSSR count).